The van der Waals surface area contributed by atoms with Crippen LogP contribution in [-0.4, -0.2) is 30.1 Å². The monoisotopic (exact) mass is 435 g/mol. The van der Waals surface area contributed by atoms with Gasteiger partial charge < -0.3 is 21.5 Å². The van der Waals surface area contributed by atoms with Crippen molar-refractivity contribution >= 4 is 39.0 Å². The maximum atomic E-state index is 12.8. The van der Waals surface area contributed by atoms with Crippen LogP contribution in [0.15, 0.2) is 24.3 Å². The van der Waals surface area contributed by atoms with Crippen molar-refractivity contribution in [2.75, 3.05) is 24.6 Å². The predicted molar refractivity (Wildman–Crippen MR) is 124 cm³/mol. The van der Waals surface area contributed by atoms with Crippen molar-refractivity contribution in [2.24, 2.45) is 0 Å². The van der Waals surface area contributed by atoms with E-state index in [-0.39, 0.29) is 23.4 Å². The van der Waals surface area contributed by atoms with Crippen molar-refractivity contribution in [1.82, 2.24) is 10.3 Å². The number of amides is 1. The number of hydrogen-bond acceptors (Lipinski definition) is 7. The van der Waals surface area contributed by atoms with Crippen molar-refractivity contribution in [1.29, 1.82) is 5.26 Å². The summed E-state index contributed by atoms with van der Waals surface area (Å²) in [5.74, 6) is 0.247. The van der Waals surface area contributed by atoms with Crippen LogP contribution in [0.2, 0.25) is 0 Å². The minimum atomic E-state index is -0.269. The van der Waals surface area contributed by atoms with Gasteiger partial charge in [-0.2, -0.15) is 5.26 Å². The molecule has 0 bridgehead atoms. The van der Waals surface area contributed by atoms with E-state index < -0.39 is 0 Å². The van der Waals surface area contributed by atoms with E-state index in [1.54, 1.807) is 0 Å². The SMILES string of the molecule is CC(C)c1ccc(-c2c(C#N)c(N)nc3sc(C(=O)NCC4CCCO4)c(N)c23)cc1. The molecule has 1 atom stereocenters. The van der Waals surface area contributed by atoms with Gasteiger partial charge in [-0.3, -0.25) is 4.79 Å². The molecular weight excluding hydrogens is 410 g/mol. The Labute approximate surface area is 185 Å². The molecule has 3 aromatic rings. The zero-order valence-electron chi connectivity index (χ0n) is 17.6. The van der Waals surface area contributed by atoms with Crippen LogP contribution in [0.5, 0.6) is 0 Å². The maximum absolute atomic E-state index is 12.8. The van der Waals surface area contributed by atoms with Gasteiger partial charge in [-0.15, -0.1) is 11.3 Å². The van der Waals surface area contributed by atoms with Gasteiger partial charge in [-0.25, -0.2) is 4.98 Å². The van der Waals surface area contributed by atoms with E-state index in [1.807, 2.05) is 24.3 Å². The van der Waals surface area contributed by atoms with Gasteiger partial charge in [0.2, 0.25) is 0 Å². The molecule has 1 aliphatic rings. The summed E-state index contributed by atoms with van der Waals surface area (Å²) in [6.45, 7) is 5.41. The number of nitrogens with two attached hydrogens (primary N) is 2. The number of pyridine rings is 1. The second-order valence-corrected chi connectivity index (χ2v) is 9.00. The lowest BCUT2D eigenvalue weighted by Crippen LogP contribution is -2.31. The zero-order valence-corrected chi connectivity index (χ0v) is 18.4. The highest BCUT2D eigenvalue weighted by Gasteiger charge is 2.25. The van der Waals surface area contributed by atoms with Gasteiger partial charge in [-0.1, -0.05) is 38.1 Å². The molecule has 4 rings (SSSR count). The van der Waals surface area contributed by atoms with E-state index in [0.717, 1.165) is 25.0 Å². The van der Waals surface area contributed by atoms with Crippen molar-refractivity contribution < 1.29 is 9.53 Å². The van der Waals surface area contributed by atoms with E-state index >= 15 is 0 Å². The Morgan fingerprint density at radius 1 is 1.35 bits per heavy atom. The Morgan fingerprint density at radius 3 is 2.71 bits per heavy atom. The number of rotatable bonds is 5. The van der Waals surface area contributed by atoms with Crippen LogP contribution in [0, 0.1) is 11.3 Å². The van der Waals surface area contributed by atoms with Gasteiger partial charge in [0, 0.05) is 24.1 Å². The number of nitrogens with one attached hydrogen (secondary N) is 1. The van der Waals surface area contributed by atoms with Crippen molar-refractivity contribution in [3.8, 4) is 17.2 Å². The fourth-order valence-corrected chi connectivity index (χ4v) is 4.90. The van der Waals surface area contributed by atoms with Gasteiger partial charge in [0.1, 0.15) is 27.2 Å². The summed E-state index contributed by atoms with van der Waals surface area (Å²) in [7, 11) is 0. The summed E-state index contributed by atoms with van der Waals surface area (Å²) in [5.41, 5.74) is 15.7. The standard InChI is InChI=1S/C23H25N5O2S/c1-12(2)13-5-7-14(8-6-13)17-16(10-24)21(26)28-23-18(17)19(25)20(31-23)22(29)27-11-15-4-3-9-30-15/h5-8,12,15H,3-4,9,11,25H2,1-2H3,(H2,26,28)(H,27,29). The molecular formula is C23H25N5O2S. The number of fused-ring (bicyclic) bond motifs is 1. The molecule has 1 fully saturated rings. The van der Waals surface area contributed by atoms with Crippen LogP contribution in [0.25, 0.3) is 21.3 Å². The lowest BCUT2D eigenvalue weighted by molar-refractivity contribution is 0.0862. The molecule has 1 aromatic carbocycles. The zero-order chi connectivity index (χ0) is 22.1. The average molecular weight is 436 g/mol. The number of anilines is 2. The van der Waals surface area contributed by atoms with Crippen LogP contribution >= 0.6 is 11.3 Å². The highest BCUT2D eigenvalue weighted by Crippen LogP contribution is 2.42. The molecule has 3 heterocycles. The molecule has 160 valence electrons. The minimum Gasteiger partial charge on any atom is -0.397 e. The largest absolute Gasteiger partial charge is 0.397 e. The number of nitriles is 1. The first-order valence-corrected chi connectivity index (χ1v) is 11.1. The smallest absolute Gasteiger partial charge is 0.263 e. The van der Waals surface area contributed by atoms with Crippen LogP contribution in [0.3, 0.4) is 0 Å². The maximum Gasteiger partial charge on any atom is 0.263 e. The second-order valence-electron chi connectivity index (χ2n) is 8.01. The van der Waals surface area contributed by atoms with Crippen LogP contribution < -0.4 is 16.8 Å². The summed E-state index contributed by atoms with van der Waals surface area (Å²) in [6.07, 6.45) is 1.97. The molecule has 31 heavy (non-hydrogen) atoms. The summed E-state index contributed by atoms with van der Waals surface area (Å²) >= 11 is 1.19. The lowest BCUT2D eigenvalue weighted by atomic mass is 9.94. The molecule has 0 spiro atoms. The molecule has 0 saturated carbocycles. The Hall–Kier alpha value is -3.15. The molecule has 1 amide bonds. The number of ether oxygens (including phenoxy) is 1. The summed E-state index contributed by atoms with van der Waals surface area (Å²) in [6, 6.07) is 10.1. The average Bonchev–Trinajstić information content (AvgIpc) is 3.39. The van der Waals surface area contributed by atoms with Crippen molar-refractivity contribution in [3.63, 3.8) is 0 Å². The number of nitrogens with zero attached hydrogens (tertiary/aromatic N) is 2. The highest BCUT2D eigenvalue weighted by molar-refractivity contribution is 7.21. The number of benzene rings is 1. The molecule has 1 unspecified atom stereocenters. The number of nitrogen functional groups attached to an aromatic ring is 2. The molecule has 1 saturated heterocycles. The van der Waals surface area contributed by atoms with Gasteiger partial charge in [0.25, 0.3) is 5.91 Å². The molecule has 8 heteroatoms. The van der Waals surface area contributed by atoms with Gasteiger partial charge in [0.05, 0.1) is 11.8 Å². The van der Waals surface area contributed by atoms with E-state index in [0.29, 0.717) is 38.8 Å². The molecule has 5 N–H and O–H groups in total. The first kappa shape index (κ1) is 21.1. The number of hydrogen-bond donors (Lipinski definition) is 3. The summed E-state index contributed by atoms with van der Waals surface area (Å²) in [5, 5.41) is 13.3. The predicted octanol–water partition coefficient (Wildman–Crippen LogP) is 4.03. The number of carbonyl (C=O) groups is 1. The van der Waals surface area contributed by atoms with E-state index in [2.05, 4.69) is 30.2 Å². The van der Waals surface area contributed by atoms with Crippen LogP contribution in [0.1, 0.15) is 53.4 Å². The second kappa shape index (κ2) is 8.53. The van der Waals surface area contributed by atoms with Crippen molar-refractivity contribution in [2.45, 2.75) is 38.7 Å². The third-order valence-electron chi connectivity index (χ3n) is 5.60. The fraction of sp³-hybridized carbons (Fsp3) is 0.348. The quantitative estimate of drug-likeness (QED) is 0.555. The van der Waals surface area contributed by atoms with Gasteiger partial charge in [-0.05, 0) is 29.9 Å². The topological polar surface area (TPSA) is 127 Å². The highest BCUT2D eigenvalue weighted by atomic mass is 32.1. The minimum absolute atomic E-state index is 0.0357. The lowest BCUT2D eigenvalue weighted by Gasteiger charge is -2.12. The van der Waals surface area contributed by atoms with E-state index in [1.165, 1.54) is 16.9 Å². The molecule has 0 radical (unpaired) electrons. The Bertz CT molecular complexity index is 1170. The van der Waals surface area contributed by atoms with Crippen molar-refractivity contribution in [3.05, 3.63) is 40.3 Å². The third kappa shape index (κ3) is 3.94. The summed E-state index contributed by atoms with van der Waals surface area (Å²) in [4.78, 5) is 18.1. The normalized spacial score (nSPS) is 16.0. The Kier molecular flexibility index (Phi) is 5.81. The van der Waals surface area contributed by atoms with Crippen LogP contribution in [0.4, 0.5) is 11.5 Å². The van der Waals surface area contributed by atoms with Gasteiger partial charge in [0.15, 0.2) is 0 Å². The van der Waals surface area contributed by atoms with E-state index in [4.69, 9.17) is 16.2 Å². The third-order valence-corrected chi connectivity index (χ3v) is 6.70. The summed E-state index contributed by atoms with van der Waals surface area (Å²) < 4.78 is 5.57. The molecule has 7 nitrogen and oxygen atoms in total. The molecule has 0 aliphatic carbocycles. The molecule has 2 aromatic heterocycles. The number of thiophene rings is 1. The Balaban J connectivity index is 1.79. The van der Waals surface area contributed by atoms with E-state index in [9.17, 15) is 10.1 Å². The first-order valence-electron chi connectivity index (χ1n) is 10.3. The number of aromatic nitrogens is 1. The Morgan fingerprint density at radius 2 is 2.10 bits per heavy atom. The number of carbonyl (C=O) groups excluding carboxylic acids is 1. The van der Waals surface area contributed by atoms with Crippen LogP contribution in [-0.2, 0) is 4.74 Å². The van der Waals surface area contributed by atoms with Gasteiger partial charge >= 0.3 is 0 Å². The first-order chi connectivity index (χ1) is 14.9. The molecule has 1 aliphatic heterocycles. The fourth-order valence-electron chi connectivity index (χ4n) is 3.87.